The van der Waals surface area contributed by atoms with Crippen molar-refractivity contribution in [3.8, 4) is 6.07 Å². The third-order valence-electron chi connectivity index (χ3n) is 3.24. The predicted octanol–water partition coefficient (Wildman–Crippen LogP) is 0.763. The third kappa shape index (κ3) is 4.28. The molecule has 0 bridgehead atoms. The molecule has 1 N–H and O–H groups in total. The second kappa shape index (κ2) is 6.72. The molecule has 1 heterocycles. The van der Waals surface area contributed by atoms with Crippen LogP contribution in [0.4, 0.5) is 0 Å². The van der Waals surface area contributed by atoms with Crippen molar-refractivity contribution in [3.05, 3.63) is 0 Å². The molecule has 18 heavy (non-hydrogen) atoms. The molecule has 1 saturated heterocycles. The van der Waals surface area contributed by atoms with Gasteiger partial charge in [-0.25, -0.2) is 0 Å². The first-order valence-electron chi connectivity index (χ1n) is 6.53. The second-order valence-corrected chi connectivity index (χ2v) is 5.25. The van der Waals surface area contributed by atoms with Gasteiger partial charge in [-0.05, 0) is 27.2 Å². The van der Waals surface area contributed by atoms with Gasteiger partial charge >= 0.3 is 5.97 Å². The number of rotatable bonds is 5. The quantitative estimate of drug-likeness (QED) is 0.733. The Bertz CT molecular complexity index is 323. The number of nitrogens with zero attached hydrogens (tertiary/aromatic N) is 2. The number of ether oxygens (including phenoxy) is 1. The number of esters is 1. The first kappa shape index (κ1) is 14.9. The lowest BCUT2D eigenvalue weighted by Crippen LogP contribution is -2.55. The molecule has 1 rings (SSSR count). The molecule has 0 aliphatic carbocycles. The highest BCUT2D eigenvalue weighted by atomic mass is 16.5. The van der Waals surface area contributed by atoms with Crippen LogP contribution in [0, 0.1) is 16.7 Å². The van der Waals surface area contributed by atoms with E-state index in [9.17, 15) is 4.79 Å². The molecule has 0 saturated carbocycles. The molecule has 102 valence electrons. The summed E-state index contributed by atoms with van der Waals surface area (Å²) in [6, 6.07) is 2.08. The molecule has 1 unspecified atom stereocenters. The van der Waals surface area contributed by atoms with E-state index in [1.807, 2.05) is 20.8 Å². The van der Waals surface area contributed by atoms with Crippen LogP contribution in [0.15, 0.2) is 0 Å². The lowest BCUT2D eigenvalue weighted by Gasteiger charge is -2.35. The molecule has 1 aliphatic heterocycles. The summed E-state index contributed by atoms with van der Waals surface area (Å²) in [6.45, 7) is 9.17. The molecule has 5 heteroatoms. The number of nitrogens with one attached hydrogen (secondary N) is 1. The van der Waals surface area contributed by atoms with Crippen LogP contribution in [-0.4, -0.2) is 49.7 Å². The molecular weight excluding hydrogens is 230 g/mol. The van der Waals surface area contributed by atoms with Crippen molar-refractivity contribution in [1.29, 1.82) is 5.26 Å². The molecule has 1 atom stereocenters. The van der Waals surface area contributed by atoms with Gasteiger partial charge in [-0.2, -0.15) is 5.26 Å². The number of nitriles is 1. The second-order valence-electron chi connectivity index (χ2n) is 5.25. The van der Waals surface area contributed by atoms with Gasteiger partial charge in [-0.3, -0.25) is 9.69 Å². The minimum Gasteiger partial charge on any atom is -0.465 e. The summed E-state index contributed by atoms with van der Waals surface area (Å²) < 4.78 is 5.08. The van der Waals surface area contributed by atoms with Crippen molar-refractivity contribution in [2.24, 2.45) is 5.41 Å². The summed E-state index contributed by atoms with van der Waals surface area (Å²) in [5.41, 5.74) is -0.343. The number of hydrogen-bond acceptors (Lipinski definition) is 5. The van der Waals surface area contributed by atoms with Gasteiger partial charge in [0.05, 0.1) is 18.1 Å². The van der Waals surface area contributed by atoms with E-state index in [2.05, 4.69) is 16.3 Å². The summed E-state index contributed by atoms with van der Waals surface area (Å²) in [4.78, 5) is 14.0. The SMILES string of the molecule is CCOC(=O)C1CNCCN1CCC(C)(C)C#N. The van der Waals surface area contributed by atoms with Gasteiger partial charge < -0.3 is 10.1 Å². The Morgan fingerprint density at radius 3 is 2.94 bits per heavy atom. The van der Waals surface area contributed by atoms with Gasteiger partial charge in [0.25, 0.3) is 0 Å². The lowest BCUT2D eigenvalue weighted by molar-refractivity contribution is -0.150. The van der Waals surface area contributed by atoms with Crippen molar-refractivity contribution in [3.63, 3.8) is 0 Å². The molecule has 0 aromatic heterocycles. The maximum Gasteiger partial charge on any atom is 0.324 e. The van der Waals surface area contributed by atoms with E-state index in [0.717, 1.165) is 26.1 Å². The van der Waals surface area contributed by atoms with Crippen LogP contribution in [0.1, 0.15) is 27.2 Å². The van der Waals surface area contributed by atoms with Crippen molar-refractivity contribution < 1.29 is 9.53 Å². The zero-order valence-corrected chi connectivity index (χ0v) is 11.5. The fourth-order valence-corrected chi connectivity index (χ4v) is 1.96. The van der Waals surface area contributed by atoms with Gasteiger partial charge in [0.15, 0.2) is 0 Å². The Hall–Kier alpha value is -1.12. The Kier molecular flexibility index (Phi) is 5.57. The molecule has 0 aromatic carbocycles. The first-order valence-corrected chi connectivity index (χ1v) is 6.53. The average molecular weight is 253 g/mol. The van der Waals surface area contributed by atoms with Crippen LogP contribution in [-0.2, 0) is 9.53 Å². The molecule has 1 fully saturated rings. The molecule has 0 radical (unpaired) electrons. The standard InChI is InChI=1S/C13H23N3O2/c1-4-18-12(17)11-9-15-6-8-16(11)7-5-13(2,3)10-14/h11,15H,4-9H2,1-3H3. The average Bonchev–Trinajstić information content (AvgIpc) is 2.37. The van der Waals surface area contributed by atoms with Gasteiger partial charge in [0, 0.05) is 26.2 Å². The van der Waals surface area contributed by atoms with E-state index in [0.29, 0.717) is 13.2 Å². The van der Waals surface area contributed by atoms with Gasteiger partial charge in [0.2, 0.25) is 0 Å². The zero-order valence-electron chi connectivity index (χ0n) is 11.5. The Morgan fingerprint density at radius 1 is 1.61 bits per heavy atom. The Labute approximate surface area is 109 Å². The summed E-state index contributed by atoms with van der Waals surface area (Å²) in [6.07, 6.45) is 0.763. The monoisotopic (exact) mass is 253 g/mol. The minimum absolute atomic E-state index is 0.167. The van der Waals surface area contributed by atoms with Gasteiger partial charge in [-0.1, -0.05) is 0 Å². The predicted molar refractivity (Wildman–Crippen MR) is 68.9 cm³/mol. The van der Waals surface area contributed by atoms with Crippen molar-refractivity contribution >= 4 is 5.97 Å². The molecule has 5 nitrogen and oxygen atoms in total. The van der Waals surface area contributed by atoms with Crippen LogP contribution in [0.5, 0.6) is 0 Å². The summed E-state index contributed by atoms with van der Waals surface area (Å²) >= 11 is 0. The van der Waals surface area contributed by atoms with Crippen LogP contribution < -0.4 is 5.32 Å². The Balaban J connectivity index is 2.55. The van der Waals surface area contributed by atoms with E-state index < -0.39 is 0 Å². The molecule has 0 spiro atoms. The highest BCUT2D eigenvalue weighted by molar-refractivity contribution is 5.76. The summed E-state index contributed by atoms with van der Waals surface area (Å²) in [7, 11) is 0. The molecule has 0 amide bonds. The van der Waals surface area contributed by atoms with Gasteiger partial charge in [0.1, 0.15) is 6.04 Å². The maximum absolute atomic E-state index is 11.8. The van der Waals surface area contributed by atoms with E-state index in [-0.39, 0.29) is 17.4 Å². The van der Waals surface area contributed by atoms with Crippen LogP contribution in [0.25, 0.3) is 0 Å². The van der Waals surface area contributed by atoms with E-state index in [4.69, 9.17) is 10.00 Å². The Morgan fingerprint density at radius 2 is 2.33 bits per heavy atom. The third-order valence-corrected chi connectivity index (χ3v) is 3.24. The number of carbonyl (C=O) groups is 1. The normalized spacial score (nSPS) is 21.3. The maximum atomic E-state index is 11.8. The van der Waals surface area contributed by atoms with Crippen molar-refractivity contribution in [2.75, 3.05) is 32.8 Å². The van der Waals surface area contributed by atoms with Crippen molar-refractivity contribution in [2.45, 2.75) is 33.2 Å². The molecular formula is C13H23N3O2. The number of piperazine rings is 1. The highest BCUT2D eigenvalue weighted by Gasteiger charge is 2.30. The highest BCUT2D eigenvalue weighted by Crippen LogP contribution is 2.20. The minimum atomic E-state index is -0.343. The van der Waals surface area contributed by atoms with E-state index >= 15 is 0 Å². The van der Waals surface area contributed by atoms with Crippen LogP contribution in [0.2, 0.25) is 0 Å². The first-order chi connectivity index (χ1) is 8.50. The van der Waals surface area contributed by atoms with E-state index in [1.54, 1.807) is 0 Å². The summed E-state index contributed by atoms with van der Waals surface area (Å²) in [5.74, 6) is -0.167. The smallest absolute Gasteiger partial charge is 0.324 e. The fraction of sp³-hybridized carbons (Fsp3) is 0.846. The summed E-state index contributed by atoms with van der Waals surface area (Å²) in [5, 5.41) is 12.2. The van der Waals surface area contributed by atoms with Crippen molar-refractivity contribution in [1.82, 2.24) is 10.2 Å². The van der Waals surface area contributed by atoms with Crippen LogP contribution in [0.3, 0.4) is 0 Å². The lowest BCUT2D eigenvalue weighted by atomic mass is 9.91. The van der Waals surface area contributed by atoms with Gasteiger partial charge in [-0.15, -0.1) is 0 Å². The fourth-order valence-electron chi connectivity index (χ4n) is 1.96. The number of carbonyl (C=O) groups excluding carboxylic acids is 1. The van der Waals surface area contributed by atoms with Crippen LogP contribution >= 0.6 is 0 Å². The molecule has 0 aromatic rings. The number of hydrogen-bond donors (Lipinski definition) is 1. The zero-order chi connectivity index (χ0) is 13.6. The topological polar surface area (TPSA) is 65.4 Å². The van der Waals surface area contributed by atoms with E-state index in [1.165, 1.54) is 0 Å². The largest absolute Gasteiger partial charge is 0.465 e. The molecule has 1 aliphatic rings.